The number of aromatic nitrogens is 1. The molecule has 1 aromatic carbocycles. The van der Waals surface area contributed by atoms with Crippen molar-refractivity contribution in [2.45, 2.75) is 30.8 Å². The van der Waals surface area contributed by atoms with E-state index in [-0.39, 0.29) is 17.1 Å². The number of halogens is 1. The van der Waals surface area contributed by atoms with E-state index >= 15 is 0 Å². The van der Waals surface area contributed by atoms with Gasteiger partial charge in [0.1, 0.15) is 16.8 Å². The van der Waals surface area contributed by atoms with Crippen LogP contribution in [0.15, 0.2) is 59.7 Å². The molecule has 8 heteroatoms. The summed E-state index contributed by atoms with van der Waals surface area (Å²) in [6.07, 6.45) is 7.01. The first kappa shape index (κ1) is 24.4. The van der Waals surface area contributed by atoms with Crippen molar-refractivity contribution in [3.05, 3.63) is 66.0 Å². The molecule has 0 radical (unpaired) electrons. The number of ether oxygens (including phenoxy) is 1. The van der Waals surface area contributed by atoms with Gasteiger partial charge < -0.3 is 9.64 Å². The summed E-state index contributed by atoms with van der Waals surface area (Å²) in [5.74, 6) is 0.308. The van der Waals surface area contributed by atoms with Gasteiger partial charge in [-0.05, 0) is 35.9 Å². The van der Waals surface area contributed by atoms with E-state index < -0.39 is 16.0 Å². The Balaban J connectivity index is 1.57. The van der Waals surface area contributed by atoms with E-state index in [1.807, 2.05) is 36.5 Å². The highest BCUT2D eigenvalue weighted by Gasteiger charge is 2.26. The first-order valence-electron chi connectivity index (χ1n) is 11.8. The summed E-state index contributed by atoms with van der Waals surface area (Å²) in [5.41, 5.74) is 3.41. The average Bonchev–Trinajstić information content (AvgIpc) is 2.88. The largest absolute Gasteiger partial charge is 0.495 e. The first-order valence-corrected chi connectivity index (χ1v) is 13.4. The lowest BCUT2D eigenvalue weighted by Gasteiger charge is -2.36. The molecule has 1 saturated heterocycles. The Hall–Kier alpha value is -2.71. The molecule has 0 amide bonds. The highest BCUT2D eigenvalue weighted by atomic mass is 32.2. The summed E-state index contributed by atoms with van der Waals surface area (Å²) in [6, 6.07) is 9.69. The number of hydrogen-bond acceptors (Lipinski definition) is 6. The molecule has 6 nitrogen and oxygen atoms in total. The minimum absolute atomic E-state index is 0.0189. The van der Waals surface area contributed by atoms with Crippen LogP contribution in [0.2, 0.25) is 0 Å². The second kappa shape index (κ2) is 10.7. The topological polar surface area (TPSA) is 62.7 Å². The molecule has 1 aliphatic carbocycles. The smallest absolute Gasteiger partial charge is 0.181 e. The van der Waals surface area contributed by atoms with Crippen molar-refractivity contribution in [3.8, 4) is 5.75 Å². The van der Waals surface area contributed by atoms with E-state index in [1.165, 1.54) is 13.2 Å². The van der Waals surface area contributed by atoms with Crippen molar-refractivity contribution >= 4 is 21.1 Å². The fourth-order valence-electron chi connectivity index (χ4n) is 4.42. The fourth-order valence-corrected chi connectivity index (χ4v) is 5.51. The Morgan fingerprint density at radius 2 is 1.97 bits per heavy atom. The van der Waals surface area contributed by atoms with Crippen LogP contribution in [-0.4, -0.2) is 70.1 Å². The Labute approximate surface area is 201 Å². The molecule has 1 aliphatic heterocycles. The lowest BCUT2D eigenvalue weighted by atomic mass is 9.97. The Kier molecular flexibility index (Phi) is 7.68. The van der Waals surface area contributed by atoms with Gasteiger partial charge in [-0.2, -0.15) is 0 Å². The third-order valence-electron chi connectivity index (χ3n) is 6.47. The maximum Gasteiger partial charge on any atom is 0.181 e. The van der Waals surface area contributed by atoms with E-state index in [0.29, 0.717) is 11.3 Å². The summed E-state index contributed by atoms with van der Waals surface area (Å²) < 4.78 is 45.2. The molecule has 0 bridgehead atoms. The van der Waals surface area contributed by atoms with Crippen LogP contribution in [-0.2, 0) is 16.3 Å². The molecule has 182 valence electrons. The maximum atomic E-state index is 13.7. The number of hydrogen-bond donors (Lipinski definition) is 0. The third-order valence-corrected chi connectivity index (χ3v) is 8.20. The number of sulfone groups is 1. The number of benzene rings is 1. The number of methoxy groups -OCH3 is 1. The van der Waals surface area contributed by atoms with Crippen molar-refractivity contribution in [2.24, 2.45) is 0 Å². The molecule has 1 atom stereocenters. The number of nitrogens with zero attached hydrogens (tertiary/aromatic N) is 3. The highest BCUT2D eigenvalue weighted by Crippen LogP contribution is 2.39. The Morgan fingerprint density at radius 1 is 1.18 bits per heavy atom. The molecule has 1 aromatic heterocycles. The normalized spacial score (nSPS) is 19.2. The van der Waals surface area contributed by atoms with Crippen LogP contribution in [0.5, 0.6) is 5.75 Å². The van der Waals surface area contributed by atoms with Crippen LogP contribution in [0.1, 0.15) is 24.6 Å². The van der Waals surface area contributed by atoms with Gasteiger partial charge in [-0.15, -0.1) is 0 Å². The molecule has 2 aromatic rings. The van der Waals surface area contributed by atoms with Crippen molar-refractivity contribution in [3.63, 3.8) is 0 Å². The molecule has 1 unspecified atom stereocenters. The van der Waals surface area contributed by atoms with Gasteiger partial charge in [0.25, 0.3) is 0 Å². The van der Waals surface area contributed by atoms with E-state index in [4.69, 9.17) is 4.74 Å². The van der Waals surface area contributed by atoms with Gasteiger partial charge >= 0.3 is 0 Å². The van der Waals surface area contributed by atoms with Gasteiger partial charge in [0.05, 0.1) is 12.9 Å². The minimum Gasteiger partial charge on any atom is -0.495 e. The number of pyridine rings is 1. The zero-order chi connectivity index (χ0) is 24.1. The number of alkyl halides is 1. The van der Waals surface area contributed by atoms with Crippen molar-refractivity contribution in [1.29, 1.82) is 0 Å². The van der Waals surface area contributed by atoms with Crippen LogP contribution < -0.4 is 9.64 Å². The predicted octanol–water partition coefficient (Wildman–Crippen LogP) is 3.93. The van der Waals surface area contributed by atoms with Gasteiger partial charge in [-0.3, -0.25) is 9.88 Å². The van der Waals surface area contributed by atoms with Crippen molar-refractivity contribution < 1.29 is 17.5 Å². The molecular weight excluding hydrogens is 453 g/mol. The number of anilines is 1. The second-order valence-electron chi connectivity index (χ2n) is 8.60. The molecule has 34 heavy (non-hydrogen) atoms. The molecule has 1 fully saturated rings. The number of piperazine rings is 1. The second-order valence-corrected chi connectivity index (χ2v) is 10.8. The van der Waals surface area contributed by atoms with Gasteiger partial charge in [0.15, 0.2) is 9.84 Å². The van der Waals surface area contributed by atoms with Crippen molar-refractivity contribution in [1.82, 2.24) is 9.88 Å². The van der Waals surface area contributed by atoms with Crippen LogP contribution in [0.25, 0.3) is 5.57 Å². The van der Waals surface area contributed by atoms with E-state index in [0.717, 1.165) is 56.1 Å². The van der Waals surface area contributed by atoms with Crippen LogP contribution >= 0.6 is 0 Å². The molecule has 2 aliphatic rings. The SMILES string of the molecule is CCS(=O)(=O)c1cc(N2CCN(CCc3ccccn3)CC2)cc(C2=CCC(F)C=C2)c1OC. The molecule has 4 rings (SSSR count). The Bertz CT molecular complexity index is 1160. The summed E-state index contributed by atoms with van der Waals surface area (Å²) in [4.78, 5) is 9.23. The zero-order valence-electron chi connectivity index (χ0n) is 19.8. The van der Waals surface area contributed by atoms with Gasteiger partial charge in [0.2, 0.25) is 0 Å². The standard InChI is InChI=1S/C26H32FN3O3S/c1-3-34(31,32)25-19-23(18-24(26(25)33-2)20-7-9-21(27)10-8-20)30-16-14-29(15-17-30)13-11-22-6-4-5-12-28-22/h4-9,12,18-19,21H,3,10-11,13-17H2,1-2H3. The zero-order valence-corrected chi connectivity index (χ0v) is 20.6. The predicted molar refractivity (Wildman–Crippen MR) is 134 cm³/mol. The summed E-state index contributed by atoms with van der Waals surface area (Å²) in [6.45, 7) is 5.93. The Morgan fingerprint density at radius 3 is 2.59 bits per heavy atom. The van der Waals surface area contributed by atoms with Gasteiger partial charge in [0, 0.05) is 68.7 Å². The van der Waals surface area contributed by atoms with Crippen LogP contribution in [0.4, 0.5) is 10.1 Å². The average molecular weight is 486 g/mol. The molecular formula is C26H32FN3O3S. The minimum atomic E-state index is -3.52. The highest BCUT2D eigenvalue weighted by molar-refractivity contribution is 7.91. The van der Waals surface area contributed by atoms with Crippen LogP contribution in [0.3, 0.4) is 0 Å². The summed E-state index contributed by atoms with van der Waals surface area (Å²) in [5, 5.41) is 0. The van der Waals surface area contributed by atoms with Crippen LogP contribution in [0, 0.1) is 0 Å². The van der Waals surface area contributed by atoms with E-state index in [2.05, 4.69) is 14.8 Å². The monoisotopic (exact) mass is 485 g/mol. The molecule has 0 spiro atoms. The fraction of sp³-hybridized carbons (Fsp3) is 0.423. The lowest BCUT2D eigenvalue weighted by molar-refractivity contribution is 0.260. The molecule has 0 N–H and O–H groups in total. The summed E-state index contributed by atoms with van der Waals surface area (Å²) in [7, 11) is -2.03. The van der Waals surface area contributed by atoms with E-state index in [1.54, 1.807) is 19.1 Å². The quantitative estimate of drug-likeness (QED) is 0.565. The van der Waals surface area contributed by atoms with Crippen molar-refractivity contribution in [2.75, 3.05) is 50.5 Å². The van der Waals surface area contributed by atoms with E-state index in [9.17, 15) is 12.8 Å². The lowest BCUT2D eigenvalue weighted by Crippen LogP contribution is -2.47. The number of allylic oxidation sites excluding steroid dienone is 4. The van der Waals surface area contributed by atoms with Gasteiger partial charge in [-0.25, -0.2) is 12.8 Å². The number of rotatable bonds is 8. The van der Waals surface area contributed by atoms with Gasteiger partial charge in [-0.1, -0.05) is 25.1 Å². The maximum absolute atomic E-state index is 13.7. The third kappa shape index (κ3) is 5.50. The molecule has 2 heterocycles. The molecule has 0 saturated carbocycles. The first-order chi connectivity index (χ1) is 16.4. The summed E-state index contributed by atoms with van der Waals surface area (Å²) >= 11 is 0.